The van der Waals surface area contributed by atoms with Gasteiger partial charge in [-0.25, -0.2) is 0 Å². The van der Waals surface area contributed by atoms with Crippen molar-refractivity contribution in [2.75, 3.05) is 6.61 Å². The van der Waals surface area contributed by atoms with Crippen LogP contribution < -0.4 is 5.32 Å². The first kappa shape index (κ1) is 12.8. The summed E-state index contributed by atoms with van der Waals surface area (Å²) in [7, 11) is 0. The number of rotatable bonds is 2. The summed E-state index contributed by atoms with van der Waals surface area (Å²) in [6, 6.07) is 0.334. The lowest BCUT2D eigenvalue weighted by atomic mass is 9.92. The molecule has 0 aromatic carbocycles. The molecule has 3 atom stereocenters. The molecule has 4 nitrogen and oxygen atoms in total. The van der Waals surface area contributed by atoms with Gasteiger partial charge in [-0.3, -0.25) is 10.1 Å². The van der Waals surface area contributed by atoms with Crippen LogP contribution in [-0.2, 0) is 9.53 Å². The molecule has 2 aliphatic rings. The SMILES string of the molecule is CCC1NC(C)N(C2CCOC(C)(C)C2)C1=O. The normalized spacial score (nSPS) is 37.5. The third-order valence-corrected chi connectivity index (χ3v) is 3.88. The van der Waals surface area contributed by atoms with Crippen LogP contribution in [0.15, 0.2) is 0 Å². The summed E-state index contributed by atoms with van der Waals surface area (Å²) in [5, 5.41) is 3.36. The van der Waals surface area contributed by atoms with Crippen LogP contribution in [0.4, 0.5) is 0 Å². The molecular formula is C13H24N2O2. The van der Waals surface area contributed by atoms with E-state index in [2.05, 4.69) is 33.0 Å². The van der Waals surface area contributed by atoms with Gasteiger partial charge in [0.25, 0.3) is 0 Å². The van der Waals surface area contributed by atoms with E-state index in [0.29, 0.717) is 6.04 Å². The Bertz CT molecular complexity index is 304. The first-order valence-corrected chi connectivity index (χ1v) is 6.67. The van der Waals surface area contributed by atoms with Gasteiger partial charge in [0.15, 0.2) is 0 Å². The topological polar surface area (TPSA) is 41.6 Å². The maximum absolute atomic E-state index is 12.3. The number of ether oxygens (including phenoxy) is 1. The summed E-state index contributed by atoms with van der Waals surface area (Å²) in [5.41, 5.74) is -0.104. The molecule has 0 saturated carbocycles. The van der Waals surface area contributed by atoms with Crippen molar-refractivity contribution in [3.8, 4) is 0 Å². The number of hydrogen-bond acceptors (Lipinski definition) is 3. The Labute approximate surface area is 104 Å². The molecule has 3 unspecified atom stereocenters. The predicted octanol–water partition coefficient (Wildman–Crippen LogP) is 1.50. The third kappa shape index (κ3) is 2.47. The lowest BCUT2D eigenvalue weighted by molar-refractivity contribution is -0.138. The summed E-state index contributed by atoms with van der Waals surface area (Å²) in [6.07, 6.45) is 2.91. The summed E-state index contributed by atoms with van der Waals surface area (Å²) in [6.45, 7) is 9.10. The molecule has 0 bridgehead atoms. The molecule has 17 heavy (non-hydrogen) atoms. The van der Waals surface area contributed by atoms with E-state index in [0.717, 1.165) is 25.9 Å². The highest BCUT2D eigenvalue weighted by molar-refractivity contribution is 5.84. The first-order chi connectivity index (χ1) is 7.94. The van der Waals surface area contributed by atoms with Crippen LogP contribution >= 0.6 is 0 Å². The first-order valence-electron chi connectivity index (χ1n) is 6.67. The van der Waals surface area contributed by atoms with Gasteiger partial charge in [0.2, 0.25) is 5.91 Å². The lowest BCUT2D eigenvalue weighted by Crippen LogP contribution is -2.50. The van der Waals surface area contributed by atoms with Crippen LogP contribution in [0.25, 0.3) is 0 Å². The van der Waals surface area contributed by atoms with Gasteiger partial charge in [0.1, 0.15) is 0 Å². The van der Waals surface area contributed by atoms with E-state index in [4.69, 9.17) is 4.74 Å². The number of hydrogen-bond donors (Lipinski definition) is 1. The van der Waals surface area contributed by atoms with Crippen molar-refractivity contribution in [1.29, 1.82) is 0 Å². The van der Waals surface area contributed by atoms with Crippen LogP contribution in [0, 0.1) is 0 Å². The Hall–Kier alpha value is -0.610. The molecule has 0 aromatic rings. The Balaban J connectivity index is 2.09. The van der Waals surface area contributed by atoms with E-state index in [-0.39, 0.29) is 23.7 Å². The zero-order valence-electron chi connectivity index (χ0n) is 11.3. The molecule has 1 N–H and O–H groups in total. The Morgan fingerprint density at radius 2 is 2.24 bits per heavy atom. The van der Waals surface area contributed by atoms with Gasteiger partial charge in [-0.2, -0.15) is 0 Å². The number of carbonyl (C=O) groups is 1. The second-order valence-electron chi connectivity index (χ2n) is 5.80. The molecule has 0 aromatic heterocycles. The summed E-state index contributed by atoms with van der Waals surface area (Å²) >= 11 is 0. The monoisotopic (exact) mass is 240 g/mol. The molecule has 1 amide bonds. The fourth-order valence-corrected chi connectivity index (χ4v) is 3.04. The van der Waals surface area contributed by atoms with Crippen molar-refractivity contribution in [3.63, 3.8) is 0 Å². The van der Waals surface area contributed by atoms with Crippen LogP contribution in [-0.4, -0.2) is 41.3 Å². The van der Waals surface area contributed by atoms with E-state index in [1.54, 1.807) is 0 Å². The van der Waals surface area contributed by atoms with Crippen LogP contribution in [0.3, 0.4) is 0 Å². The number of nitrogens with one attached hydrogen (secondary N) is 1. The molecular weight excluding hydrogens is 216 g/mol. The van der Waals surface area contributed by atoms with Crippen molar-refractivity contribution >= 4 is 5.91 Å². The van der Waals surface area contributed by atoms with Gasteiger partial charge in [0, 0.05) is 12.6 Å². The molecule has 4 heteroatoms. The zero-order valence-corrected chi connectivity index (χ0v) is 11.3. The highest BCUT2D eigenvalue weighted by atomic mass is 16.5. The minimum Gasteiger partial charge on any atom is -0.375 e. The Kier molecular flexibility index (Phi) is 3.46. The van der Waals surface area contributed by atoms with E-state index < -0.39 is 0 Å². The van der Waals surface area contributed by atoms with Crippen molar-refractivity contribution in [1.82, 2.24) is 10.2 Å². The maximum Gasteiger partial charge on any atom is 0.241 e. The number of nitrogens with zero attached hydrogens (tertiary/aromatic N) is 1. The fourth-order valence-electron chi connectivity index (χ4n) is 3.04. The highest BCUT2D eigenvalue weighted by Gasteiger charge is 2.42. The molecule has 2 heterocycles. The average Bonchev–Trinajstić information content (AvgIpc) is 2.52. The van der Waals surface area contributed by atoms with Crippen LogP contribution in [0.2, 0.25) is 0 Å². The van der Waals surface area contributed by atoms with E-state index in [9.17, 15) is 4.79 Å². The van der Waals surface area contributed by atoms with Crippen LogP contribution in [0.5, 0.6) is 0 Å². The van der Waals surface area contributed by atoms with E-state index in [1.165, 1.54) is 0 Å². The van der Waals surface area contributed by atoms with Crippen molar-refractivity contribution in [2.24, 2.45) is 0 Å². The van der Waals surface area contributed by atoms with Gasteiger partial charge in [-0.1, -0.05) is 6.92 Å². The highest BCUT2D eigenvalue weighted by Crippen LogP contribution is 2.30. The van der Waals surface area contributed by atoms with Gasteiger partial charge in [-0.15, -0.1) is 0 Å². The lowest BCUT2D eigenvalue weighted by Gasteiger charge is -2.41. The molecule has 0 spiro atoms. The van der Waals surface area contributed by atoms with Crippen molar-refractivity contribution < 1.29 is 9.53 Å². The molecule has 0 radical (unpaired) electrons. The summed E-state index contributed by atoms with van der Waals surface area (Å²) < 4.78 is 5.72. The summed E-state index contributed by atoms with van der Waals surface area (Å²) in [4.78, 5) is 14.3. The second-order valence-corrected chi connectivity index (χ2v) is 5.80. The molecule has 98 valence electrons. The minimum atomic E-state index is -0.104. The van der Waals surface area contributed by atoms with E-state index in [1.807, 2.05) is 4.90 Å². The van der Waals surface area contributed by atoms with Gasteiger partial charge >= 0.3 is 0 Å². The zero-order chi connectivity index (χ0) is 12.6. The molecule has 2 fully saturated rings. The van der Waals surface area contributed by atoms with Gasteiger partial charge in [0.05, 0.1) is 17.8 Å². The second kappa shape index (κ2) is 4.58. The van der Waals surface area contributed by atoms with Crippen LogP contribution in [0.1, 0.15) is 47.0 Å². The number of carbonyl (C=O) groups excluding carboxylic acids is 1. The summed E-state index contributed by atoms with van der Waals surface area (Å²) in [5.74, 6) is 0.266. The molecule has 2 aliphatic heterocycles. The Morgan fingerprint density at radius 3 is 2.76 bits per heavy atom. The van der Waals surface area contributed by atoms with Crippen molar-refractivity contribution in [3.05, 3.63) is 0 Å². The van der Waals surface area contributed by atoms with Gasteiger partial charge < -0.3 is 9.64 Å². The smallest absolute Gasteiger partial charge is 0.241 e. The van der Waals surface area contributed by atoms with Crippen molar-refractivity contribution in [2.45, 2.75) is 70.8 Å². The molecule has 2 saturated heterocycles. The quantitative estimate of drug-likeness (QED) is 0.795. The maximum atomic E-state index is 12.3. The predicted molar refractivity (Wildman–Crippen MR) is 66.6 cm³/mol. The average molecular weight is 240 g/mol. The molecule has 0 aliphatic carbocycles. The largest absolute Gasteiger partial charge is 0.375 e. The standard InChI is InChI=1S/C13H24N2O2/c1-5-11-12(16)15(9(2)14-11)10-6-7-17-13(3,4)8-10/h9-11,14H,5-8H2,1-4H3. The third-order valence-electron chi connectivity index (χ3n) is 3.88. The number of amides is 1. The molecule has 2 rings (SSSR count). The Morgan fingerprint density at radius 1 is 1.53 bits per heavy atom. The van der Waals surface area contributed by atoms with E-state index >= 15 is 0 Å². The van der Waals surface area contributed by atoms with Gasteiger partial charge in [-0.05, 0) is 40.0 Å². The fraction of sp³-hybridized carbons (Fsp3) is 0.923. The minimum absolute atomic E-state index is 0.0101.